The molecular weight excluding hydrogens is 401 g/mol. The van der Waals surface area contributed by atoms with E-state index >= 15 is 0 Å². The monoisotopic (exact) mass is 413 g/mol. The number of nitrogens with one attached hydrogen (secondary N) is 1. The van der Waals surface area contributed by atoms with Crippen LogP contribution in [0.25, 0.3) is 0 Å². The largest absolute Gasteiger partial charge is 0.349 e. The Bertz CT molecular complexity index is 658. The lowest BCUT2D eigenvalue weighted by molar-refractivity contribution is 0.0927. The van der Waals surface area contributed by atoms with Crippen molar-refractivity contribution >= 4 is 53.2 Å². The summed E-state index contributed by atoms with van der Waals surface area (Å²) < 4.78 is 23.2. The lowest BCUT2D eigenvalue weighted by Crippen LogP contribution is -2.36. The number of rotatable bonds is 3. The van der Waals surface area contributed by atoms with Crippen LogP contribution in [-0.4, -0.2) is 20.4 Å². The van der Waals surface area contributed by atoms with Crippen LogP contribution in [0.15, 0.2) is 21.5 Å². The normalized spacial score (nSPS) is 16.7. The van der Waals surface area contributed by atoms with Crippen molar-refractivity contribution in [2.24, 2.45) is 0 Å². The quantitative estimate of drug-likeness (QED) is 0.757. The fourth-order valence-corrected chi connectivity index (χ4v) is 4.98. The second-order valence-electron chi connectivity index (χ2n) is 5.01. The van der Waals surface area contributed by atoms with E-state index in [1.165, 1.54) is 18.6 Å². The Kier molecular flexibility index (Phi) is 5.57. The van der Waals surface area contributed by atoms with E-state index in [1.807, 2.05) is 0 Å². The first-order valence-corrected chi connectivity index (χ1v) is 10.0. The fraction of sp³-hybridized carbons (Fsp3) is 0.462. The van der Waals surface area contributed by atoms with Crippen LogP contribution in [0.2, 0.25) is 5.02 Å². The highest BCUT2D eigenvalue weighted by Crippen LogP contribution is 2.31. The molecule has 1 fully saturated rings. The van der Waals surface area contributed by atoms with Gasteiger partial charge in [0.15, 0.2) is 0 Å². The fourth-order valence-electron chi connectivity index (χ4n) is 2.40. The van der Waals surface area contributed by atoms with E-state index in [2.05, 4.69) is 21.2 Å². The summed E-state index contributed by atoms with van der Waals surface area (Å²) >= 11 is 9.12. The minimum absolute atomic E-state index is 0.113. The Morgan fingerprint density at radius 3 is 2.43 bits per heavy atom. The summed E-state index contributed by atoms with van der Waals surface area (Å²) in [5.41, 5.74) is 0.115. The predicted octanol–water partition coefficient (Wildman–Crippen LogP) is 4.09. The smallest absolute Gasteiger partial charge is 0.262 e. The Balaban J connectivity index is 2.28. The number of carbonyl (C=O) groups is 1. The van der Waals surface area contributed by atoms with Gasteiger partial charge in [-0.3, -0.25) is 4.79 Å². The van der Waals surface area contributed by atoms with Gasteiger partial charge in [0, 0.05) is 21.2 Å². The van der Waals surface area contributed by atoms with Gasteiger partial charge in [0.05, 0.1) is 15.5 Å². The number of halogens is 3. The van der Waals surface area contributed by atoms with Crippen molar-refractivity contribution in [1.29, 1.82) is 0 Å². The van der Waals surface area contributed by atoms with E-state index in [9.17, 15) is 13.2 Å². The highest BCUT2D eigenvalue weighted by Gasteiger charge is 2.22. The standard InChI is InChI=1S/C13H14BrCl2NO3S/c14-10-7-11(15)9(6-12(10)21(16,19)20)13(18)17-8-4-2-1-3-5-8/h6-8H,1-5H2,(H,17,18). The van der Waals surface area contributed by atoms with Gasteiger partial charge in [-0.2, -0.15) is 0 Å². The molecule has 1 aliphatic rings. The third kappa shape index (κ3) is 4.34. The molecule has 0 radical (unpaired) electrons. The molecule has 1 saturated carbocycles. The van der Waals surface area contributed by atoms with Crippen molar-refractivity contribution in [3.63, 3.8) is 0 Å². The zero-order valence-corrected chi connectivity index (χ0v) is 14.9. The molecule has 0 atom stereocenters. The molecule has 8 heteroatoms. The van der Waals surface area contributed by atoms with E-state index in [0.717, 1.165) is 25.7 Å². The molecule has 1 N–H and O–H groups in total. The van der Waals surface area contributed by atoms with E-state index in [1.54, 1.807) is 0 Å². The Labute approximate surface area is 141 Å². The number of amides is 1. The molecule has 116 valence electrons. The summed E-state index contributed by atoms with van der Waals surface area (Å²) in [6.07, 6.45) is 5.21. The first-order chi connectivity index (χ1) is 9.79. The number of hydrogen-bond acceptors (Lipinski definition) is 3. The zero-order chi connectivity index (χ0) is 15.6. The molecule has 0 bridgehead atoms. The summed E-state index contributed by atoms with van der Waals surface area (Å²) in [6.45, 7) is 0. The maximum absolute atomic E-state index is 12.3. The molecule has 0 aliphatic heterocycles. The first-order valence-electron chi connectivity index (χ1n) is 6.53. The second kappa shape index (κ2) is 6.86. The van der Waals surface area contributed by atoms with Gasteiger partial charge in [0.1, 0.15) is 0 Å². The topological polar surface area (TPSA) is 63.2 Å². The number of carbonyl (C=O) groups excluding carboxylic acids is 1. The van der Waals surface area contributed by atoms with Crippen LogP contribution in [0.3, 0.4) is 0 Å². The molecule has 21 heavy (non-hydrogen) atoms. The van der Waals surface area contributed by atoms with Crippen LogP contribution in [0.1, 0.15) is 42.5 Å². The molecule has 4 nitrogen and oxygen atoms in total. The van der Waals surface area contributed by atoms with Crippen LogP contribution >= 0.6 is 38.2 Å². The maximum Gasteiger partial charge on any atom is 0.262 e. The molecule has 0 unspecified atom stereocenters. The van der Waals surface area contributed by atoms with Gasteiger partial charge < -0.3 is 5.32 Å². The van der Waals surface area contributed by atoms with Gasteiger partial charge in [-0.25, -0.2) is 8.42 Å². The lowest BCUT2D eigenvalue weighted by atomic mass is 9.95. The third-order valence-corrected chi connectivity index (χ3v) is 6.06. The zero-order valence-electron chi connectivity index (χ0n) is 11.0. The highest BCUT2D eigenvalue weighted by atomic mass is 79.9. The van der Waals surface area contributed by atoms with E-state index in [-0.39, 0.29) is 31.9 Å². The summed E-state index contributed by atoms with van der Waals surface area (Å²) in [6, 6.07) is 2.68. The number of hydrogen-bond donors (Lipinski definition) is 1. The van der Waals surface area contributed by atoms with Crippen molar-refractivity contribution in [3.05, 3.63) is 27.2 Å². The SMILES string of the molecule is O=C(NC1CCCCC1)c1cc(S(=O)(=O)Cl)c(Br)cc1Cl. The Morgan fingerprint density at radius 2 is 1.86 bits per heavy atom. The molecule has 1 aromatic carbocycles. The second-order valence-corrected chi connectivity index (χ2v) is 8.80. The molecule has 2 rings (SSSR count). The van der Waals surface area contributed by atoms with Crippen LogP contribution in [0, 0.1) is 0 Å². The van der Waals surface area contributed by atoms with Crippen molar-refractivity contribution in [3.8, 4) is 0 Å². The van der Waals surface area contributed by atoms with Gasteiger partial charge >= 0.3 is 0 Å². The average molecular weight is 415 g/mol. The first kappa shape index (κ1) is 17.1. The van der Waals surface area contributed by atoms with Gasteiger partial charge in [-0.05, 0) is 40.9 Å². The van der Waals surface area contributed by atoms with Crippen molar-refractivity contribution < 1.29 is 13.2 Å². The molecule has 0 heterocycles. The van der Waals surface area contributed by atoms with E-state index in [4.69, 9.17) is 22.3 Å². The summed E-state index contributed by atoms with van der Waals surface area (Å²) in [5, 5.41) is 3.08. The minimum atomic E-state index is -3.95. The molecule has 1 aromatic rings. The predicted molar refractivity (Wildman–Crippen MR) is 86.5 cm³/mol. The Morgan fingerprint density at radius 1 is 1.24 bits per heavy atom. The van der Waals surface area contributed by atoms with Crippen molar-refractivity contribution in [1.82, 2.24) is 5.32 Å². The molecule has 0 saturated heterocycles. The highest BCUT2D eigenvalue weighted by molar-refractivity contribution is 9.10. The van der Waals surface area contributed by atoms with Gasteiger partial charge in [-0.15, -0.1) is 0 Å². The lowest BCUT2D eigenvalue weighted by Gasteiger charge is -2.23. The van der Waals surface area contributed by atoms with Crippen molar-refractivity contribution in [2.75, 3.05) is 0 Å². The summed E-state index contributed by atoms with van der Waals surface area (Å²) in [4.78, 5) is 12.1. The minimum Gasteiger partial charge on any atom is -0.349 e. The summed E-state index contributed by atoms with van der Waals surface area (Å²) in [5.74, 6) is -0.374. The average Bonchev–Trinajstić information content (AvgIpc) is 2.38. The van der Waals surface area contributed by atoms with E-state index < -0.39 is 9.05 Å². The molecule has 1 aliphatic carbocycles. The van der Waals surface area contributed by atoms with Crippen LogP contribution < -0.4 is 5.32 Å². The van der Waals surface area contributed by atoms with E-state index in [0.29, 0.717) is 0 Å². The number of benzene rings is 1. The van der Waals surface area contributed by atoms with Gasteiger partial charge in [0.25, 0.3) is 15.0 Å². The molecule has 0 aromatic heterocycles. The van der Waals surface area contributed by atoms with Gasteiger partial charge in [-0.1, -0.05) is 30.9 Å². The van der Waals surface area contributed by atoms with Crippen LogP contribution in [0.5, 0.6) is 0 Å². The van der Waals surface area contributed by atoms with Gasteiger partial charge in [0.2, 0.25) is 0 Å². The Hall–Kier alpha value is -0.300. The third-order valence-electron chi connectivity index (χ3n) is 3.47. The van der Waals surface area contributed by atoms with Crippen LogP contribution in [0.4, 0.5) is 0 Å². The van der Waals surface area contributed by atoms with Crippen molar-refractivity contribution in [2.45, 2.75) is 43.0 Å². The molecule has 1 amide bonds. The molecular formula is C13H14BrCl2NO3S. The summed E-state index contributed by atoms with van der Waals surface area (Å²) in [7, 11) is 1.40. The maximum atomic E-state index is 12.3. The van der Waals surface area contributed by atoms with Crippen LogP contribution in [-0.2, 0) is 9.05 Å². The molecule has 0 spiro atoms.